The van der Waals surface area contributed by atoms with Gasteiger partial charge in [-0.1, -0.05) is 26.7 Å². The van der Waals surface area contributed by atoms with Crippen molar-refractivity contribution in [3.05, 3.63) is 23.8 Å². The van der Waals surface area contributed by atoms with Gasteiger partial charge in [-0.2, -0.15) is 0 Å². The molecule has 1 aromatic rings. The largest absolute Gasteiger partial charge is 0.385 e. The van der Waals surface area contributed by atoms with Crippen molar-refractivity contribution in [1.29, 1.82) is 0 Å². The quantitative estimate of drug-likeness (QED) is 0.513. The number of nitrogens with zero attached hydrogens (tertiary/aromatic N) is 1. The topological polar surface area (TPSA) is 70.7 Å². The molecule has 1 atom stereocenters. The van der Waals surface area contributed by atoms with Gasteiger partial charge in [-0.15, -0.1) is 0 Å². The average Bonchev–Trinajstić information content (AvgIpc) is 3.26. The van der Waals surface area contributed by atoms with Crippen LogP contribution in [0.15, 0.2) is 18.2 Å². The van der Waals surface area contributed by atoms with E-state index in [4.69, 9.17) is 4.74 Å². The monoisotopic (exact) mass is 403 g/mol. The molecule has 1 fully saturated rings. The predicted octanol–water partition coefficient (Wildman–Crippen LogP) is 4.21. The zero-order chi connectivity index (χ0) is 21.1. The lowest BCUT2D eigenvalue weighted by atomic mass is 9.98. The molecular formula is C23H37N3O3. The molecule has 1 unspecified atom stereocenters. The highest BCUT2D eigenvalue weighted by molar-refractivity contribution is 6.02. The van der Waals surface area contributed by atoms with Crippen LogP contribution in [0.25, 0.3) is 0 Å². The summed E-state index contributed by atoms with van der Waals surface area (Å²) in [5, 5.41) is 6.02. The number of nitrogens with one attached hydrogen (secondary N) is 2. The fourth-order valence-electron chi connectivity index (χ4n) is 3.76. The molecule has 0 radical (unpaired) electrons. The number of anilines is 2. The standard InChI is InChI=1S/C23H37N3O3/c1-4-6-10-18(5-2)22(27)25-19-11-12-21(26-14-7-8-15-26)20(17-19)23(28)24-13-9-16-29-3/h11-12,17-18H,4-10,13-16H2,1-3H3,(H,24,28)(H,25,27). The Labute approximate surface area is 175 Å². The fraction of sp³-hybridized carbons (Fsp3) is 0.652. The molecule has 6 heteroatoms. The van der Waals surface area contributed by atoms with E-state index in [0.29, 0.717) is 24.4 Å². The number of amides is 2. The van der Waals surface area contributed by atoms with Crippen LogP contribution in [-0.2, 0) is 9.53 Å². The summed E-state index contributed by atoms with van der Waals surface area (Å²) in [7, 11) is 1.66. The van der Waals surface area contributed by atoms with Gasteiger partial charge in [0.05, 0.1) is 5.56 Å². The van der Waals surface area contributed by atoms with Gasteiger partial charge in [-0.05, 0) is 50.3 Å². The van der Waals surface area contributed by atoms with Crippen LogP contribution in [0.4, 0.5) is 11.4 Å². The van der Waals surface area contributed by atoms with Crippen molar-refractivity contribution in [3.8, 4) is 0 Å². The summed E-state index contributed by atoms with van der Waals surface area (Å²) in [6.45, 7) is 7.30. The van der Waals surface area contributed by atoms with Gasteiger partial charge in [-0.3, -0.25) is 9.59 Å². The third-order valence-corrected chi connectivity index (χ3v) is 5.54. The molecule has 6 nitrogen and oxygen atoms in total. The molecular weight excluding hydrogens is 366 g/mol. The van der Waals surface area contributed by atoms with Gasteiger partial charge < -0.3 is 20.3 Å². The lowest BCUT2D eigenvalue weighted by molar-refractivity contribution is -0.120. The van der Waals surface area contributed by atoms with Crippen LogP contribution in [-0.4, -0.2) is 45.2 Å². The van der Waals surface area contributed by atoms with Gasteiger partial charge in [0, 0.05) is 50.6 Å². The van der Waals surface area contributed by atoms with Crippen molar-refractivity contribution in [1.82, 2.24) is 5.32 Å². The number of rotatable bonds is 12. The van der Waals surface area contributed by atoms with E-state index in [9.17, 15) is 9.59 Å². The highest BCUT2D eigenvalue weighted by Crippen LogP contribution is 2.28. The normalized spacial score (nSPS) is 14.7. The van der Waals surface area contributed by atoms with Crippen LogP contribution < -0.4 is 15.5 Å². The maximum atomic E-state index is 12.9. The smallest absolute Gasteiger partial charge is 0.253 e. The van der Waals surface area contributed by atoms with E-state index in [1.54, 1.807) is 7.11 Å². The average molecular weight is 404 g/mol. The van der Waals surface area contributed by atoms with Crippen molar-refractivity contribution in [2.24, 2.45) is 5.92 Å². The molecule has 162 valence electrons. The van der Waals surface area contributed by atoms with Crippen LogP contribution in [0.3, 0.4) is 0 Å². The van der Waals surface area contributed by atoms with Crippen molar-refractivity contribution in [2.45, 2.75) is 58.8 Å². The summed E-state index contributed by atoms with van der Waals surface area (Å²) in [6, 6.07) is 5.71. The second-order valence-corrected chi connectivity index (χ2v) is 7.76. The molecule has 1 aliphatic rings. The molecule has 0 saturated carbocycles. The summed E-state index contributed by atoms with van der Waals surface area (Å²) in [4.78, 5) is 27.8. The molecule has 1 aliphatic heterocycles. The number of hydrogen-bond donors (Lipinski definition) is 2. The lowest BCUT2D eigenvalue weighted by Gasteiger charge is -2.22. The van der Waals surface area contributed by atoms with Gasteiger partial charge in [0.15, 0.2) is 0 Å². The maximum absolute atomic E-state index is 12.9. The van der Waals surface area contributed by atoms with E-state index in [0.717, 1.165) is 63.7 Å². The predicted molar refractivity (Wildman–Crippen MR) is 119 cm³/mol. The number of methoxy groups -OCH3 is 1. The lowest BCUT2D eigenvalue weighted by Crippen LogP contribution is -2.29. The third-order valence-electron chi connectivity index (χ3n) is 5.54. The maximum Gasteiger partial charge on any atom is 0.253 e. The molecule has 2 N–H and O–H groups in total. The number of carbonyl (C=O) groups excluding carboxylic acids is 2. The summed E-state index contributed by atoms with van der Waals surface area (Å²) < 4.78 is 5.05. The minimum atomic E-state index is -0.0999. The summed E-state index contributed by atoms with van der Waals surface area (Å²) in [5.74, 6) is -0.0435. The Balaban J connectivity index is 2.15. The third kappa shape index (κ3) is 7.03. The van der Waals surface area contributed by atoms with Gasteiger partial charge in [0.1, 0.15) is 0 Å². The van der Waals surface area contributed by atoms with Gasteiger partial charge >= 0.3 is 0 Å². The van der Waals surface area contributed by atoms with Crippen molar-refractivity contribution in [2.75, 3.05) is 43.6 Å². The van der Waals surface area contributed by atoms with Crippen LogP contribution >= 0.6 is 0 Å². The highest BCUT2D eigenvalue weighted by atomic mass is 16.5. The van der Waals surface area contributed by atoms with Crippen molar-refractivity contribution < 1.29 is 14.3 Å². The second kappa shape index (κ2) is 12.5. The Kier molecular flexibility index (Phi) is 9.98. The van der Waals surface area contributed by atoms with E-state index in [1.165, 1.54) is 0 Å². The summed E-state index contributed by atoms with van der Waals surface area (Å²) in [6.07, 6.45) is 6.91. The second-order valence-electron chi connectivity index (χ2n) is 7.76. The first kappa shape index (κ1) is 23.2. The molecule has 0 aromatic heterocycles. The zero-order valence-corrected chi connectivity index (χ0v) is 18.3. The molecule has 0 aliphatic carbocycles. The molecule has 1 heterocycles. The Morgan fingerprint density at radius 1 is 1.17 bits per heavy atom. The Bertz CT molecular complexity index is 657. The number of hydrogen-bond acceptors (Lipinski definition) is 4. The fourth-order valence-corrected chi connectivity index (χ4v) is 3.76. The summed E-state index contributed by atoms with van der Waals surface area (Å²) in [5.41, 5.74) is 2.27. The first-order valence-electron chi connectivity index (χ1n) is 11.1. The molecule has 2 rings (SSSR count). The van der Waals surface area contributed by atoms with Gasteiger partial charge in [0.2, 0.25) is 5.91 Å². The van der Waals surface area contributed by atoms with E-state index in [1.807, 2.05) is 18.2 Å². The number of benzene rings is 1. The van der Waals surface area contributed by atoms with E-state index >= 15 is 0 Å². The van der Waals surface area contributed by atoms with Crippen LogP contribution in [0, 0.1) is 5.92 Å². The Morgan fingerprint density at radius 2 is 1.93 bits per heavy atom. The molecule has 1 saturated heterocycles. The molecule has 2 amide bonds. The first-order valence-corrected chi connectivity index (χ1v) is 11.1. The van der Waals surface area contributed by atoms with Gasteiger partial charge in [-0.25, -0.2) is 0 Å². The molecule has 0 bridgehead atoms. The summed E-state index contributed by atoms with van der Waals surface area (Å²) >= 11 is 0. The van der Waals surface area contributed by atoms with Crippen molar-refractivity contribution >= 4 is 23.2 Å². The van der Waals surface area contributed by atoms with E-state index in [-0.39, 0.29) is 17.7 Å². The van der Waals surface area contributed by atoms with Crippen LogP contribution in [0.2, 0.25) is 0 Å². The van der Waals surface area contributed by atoms with Crippen molar-refractivity contribution in [3.63, 3.8) is 0 Å². The SMILES string of the molecule is CCCCC(CC)C(=O)Nc1ccc(N2CCCC2)c(C(=O)NCCCOC)c1. The van der Waals surface area contributed by atoms with E-state index in [2.05, 4.69) is 29.4 Å². The van der Waals surface area contributed by atoms with Gasteiger partial charge in [0.25, 0.3) is 5.91 Å². The molecule has 0 spiro atoms. The molecule has 29 heavy (non-hydrogen) atoms. The number of ether oxygens (including phenoxy) is 1. The zero-order valence-electron chi connectivity index (χ0n) is 18.3. The Morgan fingerprint density at radius 3 is 2.59 bits per heavy atom. The minimum Gasteiger partial charge on any atom is -0.385 e. The minimum absolute atomic E-state index is 0.0135. The molecule has 1 aromatic carbocycles. The highest BCUT2D eigenvalue weighted by Gasteiger charge is 2.21. The Hall–Kier alpha value is -2.08. The van der Waals surface area contributed by atoms with Crippen LogP contribution in [0.5, 0.6) is 0 Å². The first-order chi connectivity index (χ1) is 14.1. The number of unbranched alkanes of at least 4 members (excludes halogenated alkanes) is 1. The van der Waals surface area contributed by atoms with Crippen LogP contribution in [0.1, 0.15) is 69.2 Å². The van der Waals surface area contributed by atoms with E-state index < -0.39 is 0 Å². The number of carbonyl (C=O) groups is 2.